The number of para-hydroxylation sites is 2. The van der Waals surface area contributed by atoms with Crippen molar-refractivity contribution in [2.24, 2.45) is 5.92 Å². The Balaban J connectivity index is 1.64. The Bertz CT molecular complexity index is 775. The second kappa shape index (κ2) is 7.96. The third-order valence-electron chi connectivity index (χ3n) is 4.58. The topological polar surface area (TPSA) is 75.6 Å². The molecular weight excluding hydrogens is 314 g/mol. The van der Waals surface area contributed by atoms with Gasteiger partial charge in [-0.1, -0.05) is 32.4 Å². The molecule has 0 spiro atoms. The van der Waals surface area contributed by atoms with E-state index in [0.29, 0.717) is 12.3 Å². The SMILES string of the molecule is CC[C@@H](C)[C@H](NC(=O)CCCn1cccn1)c1nc2ccccc2[nH]1. The monoisotopic (exact) mass is 339 g/mol. The van der Waals surface area contributed by atoms with Gasteiger partial charge in [0, 0.05) is 25.4 Å². The van der Waals surface area contributed by atoms with E-state index in [-0.39, 0.29) is 11.9 Å². The minimum atomic E-state index is -0.102. The normalized spacial score (nSPS) is 13.7. The summed E-state index contributed by atoms with van der Waals surface area (Å²) in [7, 11) is 0. The average Bonchev–Trinajstić information content (AvgIpc) is 3.28. The lowest BCUT2D eigenvalue weighted by atomic mass is 9.98. The van der Waals surface area contributed by atoms with Crippen LogP contribution in [0, 0.1) is 5.92 Å². The summed E-state index contributed by atoms with van der Waals surface area (Å²) in [5.74, 6) is 1.18. The van der Waals surface area contributed by atoms with E-state index >= 15 is 0 Å². The van der Waals surface area contributed by atoms with E-state index in [1.165, 1.54) is 0 Å². The van der Waals surface area contributed by atoms with Gasteiger partial charge in [-0.05, 0) is 30.5 Å². The number of aromatic amines is 1. The van der Waals surface area contributed by atoms with Gasteiger partial charge in [0.15, 0.2) is 0 Å². The minimum absolute atomic E-state index is 0.0536. The fourth-order valence-electron chi connectivity index (χ4n) is 2.92. The molecular formula is C19H25N5O. The van der Waals surface area contributed by atoms with Gasteiger partial charge in [0.25, 0.3) is 0 Å². The first-order valence-electron chi connectivity index (χ1n) is 8.88. The van der Waals surface area contributed by atoms with Gasteiger partial charge in [-0.25, -0.2) is 4.98 Å². The van der Waals surface area contributed by atoms with E-state index < -0.39 is 0 Å². The molecule has 2 heterocycles. The molecule has 1 aromatic carbocycles. The van der Waals surface area contributed by atoms with Crippen molar-refractivity contribution in [3.8, 4) is 0 Å². The van der Waals surface area contributed by atoms with Crippen LogP contribution in [0.3, 0.4) is 0 Å². The van der Waals surface area contributed by atoms with E-state index in [0.717, 1.165) is 36.2 Å². The molecule has 6 heteroatoms. The molecule has 0 aliphatic carbocycles. The van der Waals surface area contributed by atoms with E-state index in [9.17, 15) is 4.79 Å². The molecule has 2 atom stereocenters. The lowest BCUT2D eigenvalue weighted by Crippen LogP contribution is -2.33. The highest BCUT2D eigenvalue weighted by atomic mass is 16.1. The van der Waals surface area contributed by atoms with E-state index in [4.69, 9.17) is 0 Å². The third-order valence-corrected chi connectivity index (χ3v) is 4.58. The largest absolute Gasteiger partial charge is 0.346 e. The zero-order valence-electron chi connectivity index (χ0n) is 14.8. The second-order valence-corrected chi connectivity index (χ2v) is 6.44. The number of H-pyrrole nitrogens is 1. The number of imidazole rings is 1. The summed E-state index contributed by atoms with van der Waals surface area (Å²) in [6.07, 6.45) is 5.87. The summed E-state index contributed by atoms with van der Waals surface area (Å²) >= 11 is 0. The van der Waals surface area contributed by atoms with Gasteiger partial charge < -0.3 is 10.3 Å². The van der Waals surface area contributed by atoms with Gasteiger partial charge in [-0.15, -0.1) is 0 Å². The highest BCUT2D eigenvalue weighted by Gasteiger charge is 2.23. The van der Waals surface area contributed by atoms with E-state index in [1.807, 2.05) is 41.2 Å². The predicted molar refractivity (Wildman–Crippen MR) is 97.9 cm³/mol. The molecule has 0 saturated carbocycles. The molecule has 0 aliphatic heterocycles. The van der Waals surface area contributed by atoms with Gasteiger partial charge in [-0.2, -0.15) is 5.10 Å². The maximum atomic E-state index is 12.4. The van der Waals surface area contributed by atoms with Crippen LogP contribution in [-0.2, 0) is 11.3 Å². The second-order valence-electron chi connectivity index (χ2n) is 6.44. The summed E-state index contributed by atoms with van der Waals surface area (Å²) in [5, 5.41) is 7.32. The molecule has 2 N–H and O–H groups in total. The molecule has 1 amide bonds. The summed E-state index contributed by atoms with van der Waals surface area (Å²) < 4.78 is 1.85. The lowest BCUT2D eigenvalue weighted by Gasteiger charge is -2.22. The van der Waals surface area contributed by atoms with E-state index in [1.54, 1.807) is 6.20 Å². The first-order valence-corrected chi connectivity index (χ1v) is 8.88. The Kier molecular flexibility index (Phi) is 5.48. The molecule has 25 heavy (non-hydrogen) atoms. The molecule has 0 radical (unpaired) electrons. The number of aryl methyl sites for hydroxylation is 1. The molecule has 3 aromatic rings. The van der Waals surface area contributed by atoms with Crippen LogP contribution in [-0.4, -0.2) is 25.7 Å². The summed E-state index contributed by atoms with van der Waals surface area (Å²) in [5.41, 5.74) is 1.93. The Morgan fingerprint density at radius 3 is 2.88 bits per heavy atom. The van der Waals surface area contributed by atoms with Crippen LogP contribution >= 0.6 is 0 Å². The zero-order valence-corrected chi connectivity index (χ0v) is 14.8. The van der Waals surface area contributed by atoms with Crippen LogP contribution in [0.2, 0.25) is 0 Å². The van der Waals surface area contributed by atoms with E-state index in [2.05, 4.69) is 34.2 Å². The van der Waals surface area contributed by atoms with Gasteiger partial charge in [0.05, 0.1) is 17.1 Å². The molecule has 0 aliphatic rings. The molecule has 0 bridgehead atoms. The van der Waals surface area contributed by atoms with Crippen LogP contribution in [0.15, 0.2) is 42.7 Å². The third kappa shape index (κ3) is 4.26. The van der Waals surface area contributed by atoms with Crippen molar-refractivity contribution in [1.29, 1.82) is 0 Å². The molecule has 6 nitrogen and oxygen atoms in total. The van der Waals surface area contributed by atoms with Crippen LogP contribution in [0.5, 0.6) is 0 Å². The Hall–Kier alpha value is -2.63. The van der Waals surface area contributed by atoms with Crippen LogP contribution in [0.25, 0.3) is 11.0 Å². The zero-order chi connectivity index (χ0) is 17.6. The highest BCUT2D eigenvalue weighted by molar-refractivity contribution is 5.77. The number of hydrogen-bond acceptors (Lipinski definition) is 3. The number of hydrogen-bond donors (Lipinski definition) is 2. The van der Waals surface area contributed by atoms with Crippen LogP contribution in [0.1, 0.15) is 45.0 Å². The first-order chi connectivity index (χ1) is 12.2. The predicted octanol–water partition coefficient (Wildman–Crippen LogP) is 3.44. The molecule has 0 fully saturated rings. The number of aromatic nitrogens is 4. The molecule has 132 valence electrons. The van der Waals surface area contributed by atoms with Crippen molar-refractivity contribution in [2.45, 2.75) is 45.7 Å². The highest BCUT2D eigenvalue weighted by Crippen LogP contribution is 2.24. The number of fused-ring (bicyclic) bond motifs is 1. The van der Waals surface area contributed by atoms with Crippen LogP contribution < -0.4 is 5.32 Å². The van der Waals surface area contributed by atoms with Crippen molar-refractivity contribution < 1.29 is 4.79 Å². The Labute approximate surface area is 147 Å². The molecule has 2 aromatic heterocycles. The number of benzene rings is 1. The molecule has 0 unspecified atom stereocenters. The Morgan fingerprint density at radius 1 is 1.32 bits per heavy atom. The van der Waals surface area contributed by atoms with Crippen molar-refractivity contribution in [2.75, 3.05) is 0 Å². The van der Waals surface area contributed by atoms with Crippen molar-refractivity contribution in [3.63, 3.8) is 0 Å². The maximum absolute atomic E-state index is 12.4. The number of nitrogens with one attached hydrogen (secondary N) is 2. The van der Waals surface area contributed by atoms with Crippen molar-refractivity contribution in [3.05, 3.63) is 48.5 Å². The van der Waals surface area contributed by atoms with Crippen molar-refractivity contribution >= 4 is 16.9 Å². The Morgan fingerprint density at radius 2 is 2.16 bits per heavy atom. The van der Waals surface area contributed by atoms with Gasteiger partial charge in [0.2, 0.25) is 5.91 Å². The number of rotatable bonds is 8. The maximum Gasteiger partial charge on any atom is 0.220 e. The summed E-state index contributed by atoms with van der Waals surface area (Å²) in [6.45, 7) is 5.02. The van der Waals surface area contributed by atoms with Gasteiger partial charge in [0.1, 0.15) is 5.82 Å². The lowest BCUT2D eigenvalue weighted by molar-refractivity contribution is -0.122. The summed E-state index contributed by atoms with van der Waals surface area (Å²) in [6, 6.07) is 9.73. The number of amides is 1. The fourth-order valence-corrected chi connectivity index (χ4v) is 2.92. The first kappa shape index (κ1) is 17.2. The van der Waals surface area contributed by atoms with Gasteiger partial charge >= 0.3 is 0 Å². The average molecular weight is 339 g/mol. The quantitative estimate of drug-likeness (QED) is 0.660. The number of carbonyl (C=O) groups is 1. The fraction of sp³-hybridized carbons (Fsp3) is 0.421. The molecule has 0 saturated heterocycles. The van der Waals surface area contributed by atoms with Crippen molar-refractivity contribution in [1.82, 2.24) is 25.1 Å². The molecule has 3 rings (SSSR count). The summed E-state index contributed by atoms with van der Waals surface area (Å²) in [4.78, 5) is 20.4. The standard InChI is InChI=1S/C19H25N5O/c1-3-14(2)18(19-21-15-8-4-5-9-16(15)22-19)23-17(25)10-6-12-24-13-7-11-20-24/h4-5,7-9,11,13-14,18H,3,6,10,12H2,1-2H3,(H,21,22)(H,23,25)/t14-,18+/m1/s1. The number of carbonyl (C=O) groups excluding carboxylic acids is 1. The number of nitrogens with zero attached hydrogens (tertiary/aromatic N) is 3. The van der Waals surface area contributed by atoms with Gasteiger partial charge in [-0.3, -0.25) is 9.48 Å². The van der Waals surface area contributed by atoms with Crippen LogP contribution in [0.4, 0.5) is 0 Å². The smallest absolute Gasteiger partial charge is 0.220 e. The minimum Gasteiger partial charge on any atom is -0.346 e.